The van der Waals surface area contributed by atoms with Crippen molar-refractivity contribution in [3.05, 3.63) is 47.8 Å². The first kappa shape index (κ1) is 19.3. The number of methoxy groups -OCH3 is 1. The molecule has 6 nitrogen and oxygen atoms in total. The highest BCUT2D eigenvalue weighted by molar-refractivity contribution is 5.94. The largest absolute Gasteiger partial charge is 0.497 e. The van der Waals surface area contributed by atoms with Crippen molar-refractivity contribution in [1.82, 2.24) is 15.1 Å². The minimum Gasteiger partial charge on any atom is -0.497 e. The van der Waals surface area contributed by atoms with Crippen LogP contribution in [0.3, 0.4) is 0 Å². The zero-order valence-electron chi connectivity index (χ0n) is 14.6. The van der Waals surface area contributed by atoms with E-state index in [4.69, 9.17) is 10.5 Å². The second kappa shape index (κ2) is 7.89. The van der Waals surface area contributed by atoms with Crippen LogP contribution in [-0.4, -0.2) is 34.9 Å². The summed E-state index contributed by atoms with van der Waals surface area (Å²) < 4.78 is 6.91. The van der Waals surface area contributed by atoms with Gasteiger partial charge in [0.25, 0.3) is 5.91 Å². The maximum absolute atomic E-state index is 12.5. The molecule has 3 N–H and O–H groups in total. The van der Waals surface area contributed by atoms with Crippen LogP contribution < -0.4 is 15.8 Å². The van der Waals surface area contributed by atoms with Crippen molar-refractivity contribution in [3.8, 4) is 5.75 Å². The van der Waals surface area contributed by atoms with Gasteiger partial charge in [-0.3, -0.25) is 9.48 Å². The predicted octanol–water partition coefficient (Wildman–Crippen LogP) is 2.22. The lowest BCUT2D eigenvalue weighted by Gasteiger charge is -2.29. The fourth-order valence-electron chi connectivity index (χ4n) is 2.86. The van der Waals surface area contributed by atoms with Crippen LogP contribution in [0.25, 0.3) is 0 Å². The van der Waals surface area contributed by atoms with Gasteiger partial charge in [-0.05, 0) is 43.4 Å². The number of halogens is 1. The molecule has 0 aliphatic heterocycles. The van der Waals surface area contributed by atoms with Crippen LogP contribution >= 0.6 is 12.4 Å². The fourth-order valence-corrected chi connectivity index (χ4v) is 2.86. The summed E-state index contributed by atoms with van der Waals surface area (Å²) in [5.41, 5.74) is 7.19. The fraction of sp³-hybridized carbons (Fsp3) is 0.444. The SMILES string of the molecule is COc1ccc(Cn2cc(C(=O)NC(C)(CN)C3CC3)cn2)cc1.Cl. The van der Waals surface area contributed by atoms with E-state index >= 15 is 0 Å². The number of hydrogen-bond acceptors (Lipinski definition) is 4. The maximum Gasteiger partial charge on any atom is 0.254 e. The Balaban J connectivity index is 0.00000225. The zero-order valence-corrected chi connectivity index (χ0v) is 15.4. The molecule has 25 heavy (non-hydrogen) atoms. The molecule has 0 spiro atoms. The average molecular weight is 365 g/mol. The first-order valence-corrected chi connectivity index (χ1v) is 8.22. The molecule has 136 valence electrons. The van der Waals surface area contributed by atoms with Crippen LogP contribution in [0.4, 0.5) is 0 Å². The summed E-state index contributed by atoms with van der Waals surface area (Å²) in [4.78, 5) is 12.5. The Labute approximate surface area is 154 Å². The van der Waals surface area contributed by atoms with E-state index in [1.807, 2.05) is 31.2 Å². The van der Waals surface area contributed by atoms with Crippen LogP contribution in [0.2, 0.25) is 0 Å². The summed E-state index contributed by atoms with van der Waals surface area (Å²) >= 11 is 0. The van der Waals surface area contributed by atoms with E-state index in [1.54, 1.807) is 24.2 Å². The van der Waals surface area contributed by atoms with Gasteiger partial charge in [-0.2, -0.15) is 5.10 Å². The summed E-state index contributed by atoms with van der Waals surface area (Å²) in [5, 5.41) is 7.36. The molecule has 0 bridgehead atoms. The maximum atomic E-state index is 12.5. The zero-order chi connectivity index (χ0) is 17.2. The summed E-state index contributed by atoms with van der Waals surface area (Å²) in [6.45, 7) is 3.07. The van der Waals surface area contributed by atoms with Crippen LogP contribution in [0.5, 0.6) is 5.75 Å². The van der Waals surface area contributed by atoms with Gasteiger partial charge < -0.3 is 15.8 Å². The van der Waals surface area contributed by atoms with Gasteiger partial charge in [0.1, 0.15) is 5.75 Å². The summed E-state index contributed by atoms with van der Waals surface area (Å²) in [6.07, 6.45) is 5.63. The van der Waals surface area contributed by atoms with Gasteiger partial charge in [-0.15, -0.1) is 12.4 Å². The molecule has 7 heteroatoms. The Morgan fingerprint density at radius 1 is 1.40 bits per heavy atom. The van der Waals surface area contributed by atoms with E-state index in [9.17, 15) is 4.79 Å². The van der Waals surface area contributed by atoms with Crippen molar-refractivity contribution in [1.29, 1.82) is 0 Å². The molecule has 1 amide bonds. The van der Waals surface area contributed by atoms with Crippen molar-refractivity contribution in [2.24, 2.45) is 11.7 Å². The van der Waals surface area contributed by atoms with Gasteiger partial charge in [-0.25, -0.2) is 0 Å². The molecule has 1 saturated carbocycles. The van der Waals surface area contributed by atoms with E-state index in [0.717, 1.165) is 24.2 Å². The molecule has 1 heterocycles. The van der Waals surface area contributed by atoms with Gasteiger partial charge >= 0.3 is 0 Å². The van der Waals surface area contributed by atoms with Gasteiger partial charge in [0.05, 0.1) is 31.0 Å². The monoisotopic (exact) mass is 364 g/mol. The number of ether oxygens (including phenoxy) is 1. The number of carbonyl (C=O) groups is 1. The van der Waals surface area contributed by atoms with E-state index in [2.05, 4.69) is 10.4 Å². The van der Waals surface area contributed by atoms with E-state index < -0.39 is 0 Å². The quantitative estimate of drug-likeness (QED) is 0.789. The molecule has 2 aromatic rings. The van der Waals surface area contributed by atoms with Crippen LogP contribution in [0.15, 0.2) is 36.7 Å². The first-order valence-electron chi connectivity index (χ1n) is 8.22. The minimum atomic E-state index is -0.324. The highest BCUT2D eigenvalue weighted by Crippen LogP contribution is 2.39. The molecule has 0 saturated heterocycles. The van der Waals surface area contributed by atoms with Crippen molar-refractivity contribution in [2.75, 3.05) is 13.7 Å². The highest BCUT2D eigenvalue weighted by atomic mass is 35.5. The molecule has 1 fully saturated rings. The highest BCUT2D eigenvalue weighted by Gasteiger charge is 2.41. The molecule has 1 unspecified atom stereocenters. The number of aromatic nitrogens is 2. The molecule has 1 aromatic heterocycles. The molecule has 1 aliphatic carbocycles. The van der Waals surface area contributed by atoms with Crippen molar-refractivity contribution in [2.45, 2.75) is 31.8 Å². The Morgan fingerprint density at radius 3 is 2.64 bits per heavy atom. The van der Waals surface area contributed by atoms with Crippen LogP contribution in [0.1, 0.15) is 35.7 Å². The summed E-state index contributed by atoms with van der Waals surface area (Å²) in [7, 11) is 1.64. The van der Waals surface area contributed by atoms with E-state index in [1.165, 1.54) is 0 Å². The molecule has 0 radical (unpaired) electrons. The Bertz CT molecular complexity index is 712. The molecule has 1 aromatic carbocycles. The smallest absolute Gasteiger partial charge is 0.254 e. The van der Waals surface area contributed by atoms with Gasteiger partial charge in [0.2, 0.25) is 0 Å². The van der Waals surface area contributed by atoms with Crippen molar-refractivity contribution in [3.63, 3.8) is 0 Å². The lowest BCUT2D eigenvalue weighted by Crippen LogP contribution is -2.53. The number of hydrogen-bond donors (Lipinski definition) is 2. The Morgan fingerprint density at radius 2 is 2.08 bits per heavy atom. The Hall–Kier alpha value is -2.05. The standard InChI is InChI=1S/C18H24N4O2.ClH/c1-18(12-19,15-5-6-15)21-17(23)14-9-20-22(11-14)10-13-3-7-16(24-2)8-4-13;/h3-4,7-9,11,15H,5-6,10,12,19H2,1-2H3,(H,21,23);1H. The molecular weight excluding hydrogens is 340 g/mol. The van der Waals surface area contributed by atoms with Gasteiger partial charge in [-0.1, -0.05) is 12.1 Å². The second-order valence-corrected chi connectivity index (χ2v) is 6.62. The number of nitrogens with zero attached hydrogens (tertiary/aromatic N) is 2. The first-order chi connectivity index (χ1) is 11.5. The molecule has 3 rings (SSSR count). The molecule has 1 aliphatic rings. The topological polar surface area (TPSA) is 82.2 Å². The third-order valence-electron chi connectivity index (χ3n) is 4.70. The van der Waals surface area contributed by atoms with Crippen molar-refractivity contribution < 1.29 is 9.53 Å². The third-order valence-corrected chi connectivity index (χ3v) is 4.70. The van der Waals surface area contributed by atoms with Gasteiger partial charge in [0, 0.05) is 12.7 Å². The van der Waals surface area contributed by atoms with Crippen LogP contribution in [0, 0.1) is 5.92 Å². The molecular formula is C18H25ClN4O2. The number of benzene rings is 1. The number of amides is 1. The minimum absolute atomic E-state index is 0. The second-order valence-electron chi connectivity index (χ2n) is 6.62. The third kappa shape index (κ3) is 4.52. The summed E-state index contributed by atoms with van der Waals surface area (Å²) in [6, 6.07) is 7.79. The lowest BCUT2D eigenvalue weighted by molar-refractivity contribution is 0.0897. The van der Waals surface area contributed by atoms with E-state index in [0.29, 0.717) is 24.6 Å². The summed E-state index contributed by atoms with van der Waals surface area (Å²) in [5.74, 6) is 1.19. The van der Waals surface area contributed by atoms with E-state index in [-0.39, 0.29) is 23.9 Å². The number of nitrogens with two attached hydrogens (primary N) is 1. The molecule has 1 atom stereocenters. The number of rotatable bonds is 7. The number of nitrogens with one attached hydrogen (secondary N) is 1. The van der Waals surface area contributed by atoms with Gasteiger partial charge in [0.15, 0.2) is 0 Å². The lowest BCUT2D eigenvalue weighted by atomic mass is 9.95. The Kier molecular flexibility index (Phi) is 6.08. The van der Waals surface area contributed by atoms with Crippen LogP contribution in [-0.2, 0) is 6.54 Å². The number of carbonyl (C=O) groups excluding carboxylic acids is 1. The average Bonchev–Trinajstić information content (AvgIpc) is 3.36. The predicted molar refractivity (Wildman–Crippen MR) is 99.2 cm³/mol. The normalized spacial score (nSPS) is 15.8. The van der Waals surface area contributed by atoms with Crippen molar-refractivity contribution >= 4 is 18.3 Å².